The van der Waals surface area contributed by atoms with Crippen LogP contribution in [-0.4, -0.2) is 21.6 Å². The van der Waals surface area contributed by atoms with Crippen molar-refractivity contribution in [1.82, 2.24) is 19.9 Å². The number of rotatable bonds is 3. The Morgan fingerprint density at radius 1 is 1.43 bits per heavy atom. The smallest absolute Gasteiger partial charge is 0.137 e. The summed E-state index contributed by atoms with van der Waals surface area (Å²) in [6.07, 6.45) is 7.22. The van der Waals surface area contributed by atoms with Gasteiger partial charge in [0.05, 0.1) is 0 Å². The van der Waals surface area contributed by atoms with Crippen LogP contribution in [0.25, 0.3) is 5.82 Å². The van der Waals surface area contributed by atoms with Gasteiger partial charge in [0.1, 0.15) is 12.1 Å². The number of hydrogen-bond acceptors (Lipinski definition) is 3. The van der Waals surface area contributed by atoms with Crippen molar-refractivity contribution in [3.8, 4) is 5.82 Å². The summed E-state index contributed by atoms with van der Waals surface area (Å²) in [6.45, 7) is 0.844. The van der Waals surface area contributed by atoms with Crippen molar-refractivity contribution in [2.75, 3.05) is 7.05 Å². The van der Waals surface area contributed by atoms with Crippen LogP contribution in [0.1, 0.15) is 5.56 Å². The van der Waals surface area contributed by atoms with E-state index in [1.165, 1.54) is 5.56 Å². The molecule has 0 saturated heterocycles. The van der Waals surface area contributed by atoms with Gasteiger partial charge in [-0.25, -0.2) is 9.97 Å². The Morgan fingerprint density at radius 3 is 2.93 bits per heavy atom. The molecule has 2 aromatic heterocycles. The third-order valence-corrected chi connectivity index (χ3v) is 1.96. The lowest BCUT2D eigenvalue weighted by Crippen LogP contribution is -2.05. The Labute approximate surface area is 82.6 Å². The molecule has 2 rings (SSSR count). The van der Waals surface area contributed by atoms with Crippen LogP contribution in [0, 0.1) is 0 Å². The summed E-state index contributed by atoms with van der Waals surface area (Å²) >= 11 is 0. The molecule has 0 radical (unpaired) electrons. The van der Waals surface area contributed by atoms with Crippen LogP contribution in [0.3, 0.4) is 0 Å². The highest BCUT2D eigenvalue weighted by atomic mass is 15.1. The van der Waals surface area contributed by atoms with Crippen LogP contribution in [-0.2, 0) is 6.54 Å². The van der Waals surface area contributed by atoms with Gasteiger partial charge in [-0.1, -0.05) is 6.07 Å². The largest absolute Gasteiger partial charge is 0.316 e. The number of imidazole rings is 1. The Morgan fingerprint density at radius 2 is 2.36 bits per heavy atom. The van der Waals surface area contributed by atoms with E-state index >= 15 is 0 Å². The van der Waals surface area contributed by atoms with E-state index in [-0.39, 0.29) is 0 Å². The molecule has 2 aromatic rings. The zero-order chi connectivity index (χ0) is 9.80. The predicted molar refractivity (Wildman–Crippen MR) is 54.1 cm³/mol. The van der Waals surface area contributed by atoms with Crippen LogP contribution in [0.5, 0.6) is 0 Å². The second-order valence-corrected chi connectivity index (χ2v) is 3.02. The van der Waals surface area contributed by atoms with Crippen LogP contribution in [0.2, 0.25) is 0 Å². The summed E-state index contributed by atoms with van der Waals surface area (Å²) in [7, 11) is 1.92. The molecule has 0 aliphatic rings. The highest BCUT2D eigenvalue weighted by Gasteiger charge is 1.96. The van der Waals surface area contributed by atoms with Crippen molar-refractivity contribution in [2.45, 2.75) is 6.54 Å². The molecule has 4 nitrogen and oxygen atoms in total. The Bertz CT molecular complexity index is 377. The molecule has 0 fully saturated rings. The van der Waals surface area contributed by atoms with Crippen LogP contribution in [0.4, 0.5) is 0 Å². The molecule has 0 aliphatic heterocycles. The molecule has 0 spiro atoms. The van der Waals surface area contributed by atoms with E-state index in [1.807, 2.05) is 30.1 Å². The maximum absolute atomic E-state index is 4.32. The van der Waals surface area contributed by atoms with E-state index in [4.69, 9.17) is 0 Å². The highest BCUT2D eigenvalue weighted by molar-refractivity contribution is 5.25. The van der Waals surface area contributed by atoms with Gasteiger partial charge in [-0.3, -0.25) is 4.57 Å². The summed E-state index contributed by atoms with van der Waals surface area (Å²) < 4.78 is 1.88. The SMILES string of the molecule is CNCc1ccc(-n2ccnc2)nc1. The average Bonchev–Trinajstić information content (AvgIpc) is 2.72. The van der Waals surface area contributed by atoms with Gasteiger partial charge < -0.3 is 5.32 Å². The third-order valence-electron chi connectivity index (χ3n) is 1.96. The summed E-state index contributed by atoms with van der Waals surface area (Å²) in [5.74, 6) is 0.891. The number of aromatic nitrogens is 3. The third kappa shape index (κ3) is 1.80. The first-order valence-corrected chi connectivity index (χ1v) is 4.48. The molecule has 0 saturated carbocycles. The van der Waals surface area contributed by atoms with Crippen LogP contribution in [0.15, 0.2) is 37.1 Å². The van der Waals surface area contributed by atoms with Crippen molar-refractivity contribution >= 4 is 0 Å². The van der Waals surface area contributed by atoms with Gasteiger partial charge in [0.15, 0.2) is 0 Å². The normalized spacial score (nSPS) is 10.4. The lowest BCUT2D eigenvalue weighted by molar-refractivity contribution is 0.810. The lowest BCUT2D eigenvalue weighted by Gasteiger charge is -2.02. The second-order valence-electron chi connectivity index (χ2n) is 3.02. The Balaban J connectivity index is 2.22. The maximum atomic E-state index is 4.32. The highest BCUT2D eigenvalue weighted by Crippen LogP contribution is 2.04. The molecular weight excluding hydrogens is 176 g/mol. The van der Waals surface area contributed by atoms with Crippen molar-refractivity contribution in [1.29, 1.82) is 0 Å². The Hall–Kier alpha value is -1.68. The maximum Gasteiger partial charge on any atom is 0.137 e. The molecule has 1 N–H and O–H groups in total. The average molecular weight is 188 g/mol. The molecule has 0 atom stereocenters. The first kappa shape index (κ1) is 8.90. The molecule has 0 aromatic carbocycles. The summed E-state index contributed by atoms with van der Waals surface area (Å²) in [4.78, 5) is 8.29. The van der Waals surface area contributed by atoms with Crippen molar-refractivity contribution in [2.24, 2.45) is 0 Å². The minimum atomic E-state index is 0.844. The molecule has 72 valence electrons. The van der Waals surface area contributed by atoms with Gasteiger partial charge in [-0.05, 0) is 18.7 Å². The topological polar surface area (TPSA) is 42.7 Å². The lowest BCUT2D eigenvalue weighted by atomic mass is 10.3. The standard InChI is InChI=1S/C10H12N4/c1-11-6-9-2-3-10(13-7-9)14-5-4-12-8-14/h2-5,7-8,11H,6H2,1H3. The van der Waals surface area contributed by atoms with Gasteiger partial charge in [-0.15, -0.1) is 0 Å². The first-order chi connectivity index (χ1) is 6.90. The molecule has 2 heterocycles. The van der Waals surface area contributed by atoms with Gasteiger partial charge in [0.2, 0.25) is 0 Å². The fourth-order valence-electron chi connectivity index (χ4n) is 1.27. The fraction of sp³-hybridized carbons (Fsp3) is 0.200. The minimum absolute atomic E-state index is 0.844. The zero-order valence-corrected chi connectivity index (χ0v) is 8.01. The molecule has 0 bridgehead atoms. The Kier molecular flexibility index (Phi) is 2.55. The van der Waals surface area contributed by atoms with Gasteiger partial charge in [0, 0.05) is 25.1 Å². The van der Waals surface area contributed by atoms with Gasteiger partial charge >= 0.3 is 0 Å². The summed E-state index contributed by atoms with van der Waals surface area (Å²) in [5, 5.41) is 3.08. The quantitative estimate of drug-likeness (QED) is 0.781. The number of nitrogens with one attached hydrogen (secondary N) is 1. The first-order valence-electron chi connectivity index (χ1n) is 4.48. The molecule has 14 heavy (non-hydrogen) atoms. The summed E-state index contributed by atoms with van der Waals surface area (Å²) in [5.41, 5.74) is 1.18. The fourth-order valence-corrected chi connectivity index (χ4v) is 1.27. The predicted octanol–water partition coefficient (Wildman–Crippen LogP) is 0.987. The molecule has 0 aliphatic carbocycles. The van der Waals surface area contributed by atoms with E-state index in [9.17, 15) is 0 Å². The molecule has 0 unspecified atom stereocenters. The van der Waals surface area contributed by atoms with Gasteiger partial charge in [-0.2, -0.15) is 0 Å². The molecule has 0 amide bonds. The number of nitrogens with zero attached hydrogens (tertiary/aromatic N) is 3. The molecular formula is C10H12N4. The van der Waals surface area contributed by atoms with E-state index in [0.29, 0.717) is 0 Å². The van der Waals surface area contributed by atoms with E-state index in [2.05, 4.69) is 21.4 Å². The second kappa shape index (κ2) is 4.02. The number of pyridine rings is 1. The van der Waals surface area contributed by atoms with E-state index in [0.717, 1.165) is 12.4 Å². The monoisotopic (exact) mass is 188 g/mol. The van der Waals surface area contributed by atoms with Gasteiger partial charge in [0.25, 0.3) is 0 Å². The number of hydrogen-bond donors (Lipinski definition) is 1. The van der Waals surface area contributed by atoms with Crippen LogP contribution >= 0.6 is 0 Å². The van der Waals surface area contributed by atoms with E-state index < -0.39 is 0 Å². The summed E-state index contributed by atoms with van der Waals surface area (Å²) in [6, 6.07) is 4.03. The van der Waals surface area contributed by atoms with Crippen LogP contribution < -0.4 is 5.32 Å². The van der Waals surface area contributed by atoms with Crippen molar-refractivity contribution in [3.63, 3.8) is 0 Å². The van der Waals surface area contributed by atoms with Crippen molar-refractivity contribution < 1.29 is 0 Å². The zero-order valence-electron chi connectivity index (χ0n) is 8.01. The van der Waals surface area contributed by atoms with E-state index in [1.54, 1.807) is 12.5 Å². The van der Waals surface area contributed by atoms with Crippen molar-refractivity contribution in [3.05, 3.63) is 42.6 Å². The minimum Gasteiger partial charge on any atom is -0.316 e. The molecule has 4 heteroatoms.